The normalized spacial score (nSPS) is 9.93. The molecular weight excluding hydrogens is 184 g/mol. The smallest absolute Gasteiger partial charge is 0.118 e. The zero-order chi connectivity index (χ0) is 10.5. The number of hydrogen-bond acceptors (Lipinski definition) is 1. The lowest BCUT2D eigenvalue weighted by molar-refractivity contribution is 0.414. The molecule has 0 unspecified atom stereocenters. The first kappa shape index (κ1) is 9.78. The van der Waals surface area contributed by atoms with Gasteiger partial charge >= 0.3 is 0 Å². The highest BCUT2D eigenvalue weighted by atomic mass is 16.5. The van der Waals surface area contributed by atoms with Gasteiger partial charge in [-0.15, -0.1) is 0 Å². The summed E-state index contributed by atoms with van der Waals surface area (Å²) in [5, 5.41) is 0. The highest BCUT2D eigenvalue weighted by Gasteiger charge is 1.97. The highest BCUT2D eigenvalue weighted by molar-refractivity contribution is 5.39. The van der Waals surface area contributed by atoms with Crippen LogP contribution in [0.15, 0.2) is 54.6 Å². The third-order valence-electron chi connectivity index (χ3n) is 2.15. The Hall–Kier alpha value is -1.76. The second kappa shape index (κ2) is 4.65. The van der Waals surface area contributed by atoms with Gasteiger partial charge in [0.2, 0.25) is 0 Å². The molecule has 0 aliphatic carbocycles. The predicted octanol–water partition coefficient (Wildman–Crippen LogP) is 3.17. The molecule has 0 saturated carbocycles. The van der Waals surface area contributed by atoms with Crippen molar-refractivity contribution in [2.45, 2.75) is 0 Å². The molecular formula is C14H12O. The summed E-state index contributed by atoms with van der Waals surface area (Å²) in [7, 11) is 1.67. The molecule has 1 nitrogen and oxygen atoms in total. The van der Waals surface area contributed by atoms with Gasteiger partial charge in [0.05, 0.1) is 13.5 Å². The lowest BCUT2D eigenvalue weighted by atomic mass is 10.1. The third-order valence-corrected chi connectivity index (χ3v) is 2.15. The maximum Gasteiger partial charge on any atom is 0.118 e. The van der Waals surface area contributed by atoms with Crippen LogP contribution in [0.1, 0.15) is 11.1 Å². The van der Waals surface area contributed by atoms with Crippen LogP contribution in [0.5, 0.6) is 5.75 Å². The molecule has 0 bridgehead atoms. The maximum atomic E-state index is 5.09. The molecule has 2 radical (unpaired) electrons. The van der Waals surface area contributed by atoms with E-state index in [0.717, 1.165) is 16.9 Å². The van der Waals surface area contributed by atoms with Crippen molar-refractivity contribution in [3.05, 3.63) is 72.1 Å². The molecule has 0 heterocycles. The molecule has 0 aromatic heterocycles. The molecule has 0 N–H and O–H groups in total. The summed E-state index contributed by atoms with van der Waals surface area (Å²) < 4.78 is 5.09. The van der Waals surface area contributed by atoms with Gasteiger partial charge in [-0.2, -0.15) is 0 Å². The number of ether oxygens (including phenoxy) is 1. The molecule has 0 aliphatic heterocycles. The summed E-state index contributed by atoms with van der Waals surface area (Å²) in [5.41, 5.74) is 2.14. The van der Waals surface area contributed by atoms with Crippen LogP contribution in [0, 0.1) is 6.42 Å². The Bertz CT molecular complexity index is 403. The molecule has 0 atom stereocenters. The van der Waals surface area contributed by atoms with E-state index in [1.807, 2.05) is 54.6 Å². The standard InChI is InChI=1S/C14H12O/c1-15-14-9-7-13(8-10-14)11-12-5-3-2-4-6-12/h2-10H,1H3. The Labute approximate surface area is 90.3 Å². The lowest BCUT2D eigenvalue weighted by Crippen LogP contribution is -1.86. The summed E-state index contributed by atoms with van der Waals surface area (Å²) in [5.74, 6) is 0.869. The van der Waals surface area contributed by atoms with Gasteiger partial charge in [-0.25, -0.2) is 0 Å². The summed E-state index contributed by atoms with van der Waals surface area (Å²) >= 11 is 0. The molecule has 0 spiro atoms. The molecule has 74 valence electrons. The predicted molar refractivity (Wildman–Crippen MR) is 60.9 cm³/mol. The Morgan fingerprint density at radius 2 is 1.40 bits per heavy atom. The van der Waals surface area contributed by atoms with Crippen LogP contribution in [-0.4, -0.2) is 7.11 Å². The SMILES string of the molecule is COc1ccc([C]c2ccccc2)cc1. The van der Waals surface area contributed by atoms with Crippen molar-refractivity contribution in [3.63, 3.8) is 0 Å². The van der Waals surface area contributed by atoms with E-state index in [2.05, 4.69) is 6.42 Å². The van der Waals surface area contributed by atoms with Gasteiger partial charge < -0.3 is 4.74 Å². The monoisotopic (exact) mass is 196 g/mol. The number of benzene rings is 2. The van der Waals surface area contributed by atoms with Crippen molar-refractivity contribution in [3.8, 4) is 5.75 Å². The van der Waals surface area contributed by atoms with Crippen molar-refractivity contribution in [2.24, 2.45) is 0 Å². The van der Waals surface area contributed by atoms with Gasteiger partial charge in [0.1, 0.15) is 5.75 Å². The Morgan fingerprint density at radius 3 is 2.00 bits per heavy atom. The third kappa shape index (κ3) is 2.59. The van der Waals surface area contributed by atoms with Crippen LogP contribution in [0.4, 0.5) is 0 Å². The minimum atomic E-state index is 0.869. The second-order valence-electron chi connectivity index (χ2n) is 3.22. The van der Waals surface area contributed by atoms with Crippen LogP contribution in [0.25, 0.3) is 0 Å². The van der Waals surface area contributed by atoms with Crippen molar-refractivity contribution in [1.82, 2.24) is 0 Å². The molecule has 1 heteroatoms. The fourth-order valence-corrected chi connectivity index (χ4v) is 1.36. The van der Waals surface area contributed by atoms with Crippen LogP contribution in [0.2, 0.25) is 0 Å². The lowest BCUT2D eigenvalue weighted by Gasteiger charge is -2.02. The zero-order valence-electron chi connectivity index (χ0n) is 8.60. The van der Waals surface area contributed by atoms with E-state index in [4.69, 9.17) is 4.74 Å². The first-order valence-electron chi connectivity index (χ1n) is 4.84. The number of rotatable bonds is 3. The van der Waals surface area contributed by atoms with Crippen molar-refractivity contribution in [1.29, 1.82) is 0 Å². The summed E-state index contributed by atoms with van der Waals surface area (Å²) in [4.78, 5) is 0. The maximum absolute atomic E-state index is 5.09. The molecule has 0 aliphatic rings. The fourth-order valence-electron chi connectivity index (χ4n) is 1.36. The molecule has 2 aromatic rings. The first-order chi connectivity index (χ1) is 7.38. The largest absolute Gasteiger partial charge is 0.497 e. The molecule has 0 fully saturated rings. The summed E-state index contributed by atoms with van der Waals surface area (Å²) in [6.45, 7) is 0. The van der Waals surface area contributed by atoms with Crippen molar-refractivity contribution < 1.29 is 4.74 Å². The Kier molecular flexibility index (Phi) is 3.03. The van der Waals surface area contributed by atoms with E-state index in [1.54, 1.807) is 7.11 Å². The minimum absolute atomic E-state index is 0.869. The van der Waals surface area contributed by atoms with Gasteiger partial charge in [-0.3, -0.25) is 0 Å². The molecule has 2 aromatic carbocycles. The first-order valence-corrected chi connectivity index (χ1v) is 4.84. The fraction of sp³-hybridized carbons (Fsp3) is 0.0714. The zero-order valence-corrected chi connectivity index (χ0v) is 8.60. The van der Waals surface area contributed by atoms with E-state index in [0.29, 0.717) is 0 Å². The van der Waals surface area contributed by atoms with E-state index in [9.17, 15) is 0 Å². The summed E-state index contributed by atoms with van der Waals surface area (Å²) in [6, 6.07) is 17.9. The minimum Gasteiger partial charge on any atom is -0.497 e. The topological polar surface area (TPSA) is 9.23 Å². The summed E-state index contributed by atoms with van der Waals surface area (Å²) in [6.07, 6.45) is 3.30. The van der Waals surface area contributed by atoms with Crippen LogP contribution in [-0.2, 0) is 0 Å². The van der Waals surface area contributed by atoms with Crippen LogP contribution < -0.4 is 4.74 Å². The van der Waals surface area contributed by atoms with Crippen molar-refractivity contribution >= 4 is 0 Å². The second-order valence-corrected chi connectivity index (χ2v) is 3.22. The number of methoxy groups -OCH3 is 1. The van der Waals surface area contributed by atoms with Gasteiger partial charge in [-0.1, -0.05) is 42.5 Å². The van der Waals surface area contributed by atoms with E-state index in [-0.39, 0.29) is 0 Å². The van der Waals surface area contributed by atoms with Gasteiger partial charge in [0.15, 0.2) is 0 Å². The molecule has 0 saturated heterocycles. The Balaban J connectivity index is 2.11. The van der Waals surface area contributed by atoms with Crippen molar-refractivity contribution in [2.75, 3.05) is 7.11 Å². The Morgan fingerprint density at radius 1 is 0.800 bits per heavy atom. The number of hydrogen-bond donors (Lipinski definition) is 0. The van der Waals surface area contributed by atoms with Gasteiger partial charge in [0, 0.05) is 0 Å². The van der Waals surface area contributed by atoms with E-state index in [1.165, 1.54) is 0 Å². The van der Waals surface area contributed by atoms with Gasteiger partial charge in [-0.05, 0) is 23.3 Å². The van der Waals surface area contributed by atoms with Crippen LogP contribution >= 0.6 is 0 Å². The molecule has 15 heavy (non-hydrogen) atoms. The average Bonchev–Trinajstić information content (AvgIpc) is 2.31. The average molecular weight is 196 g/mol. The van der Waals surface area contributed by atoms with Gasteiger partial charge in [0.25, 0.3) is 0 Å². The molecule has 0 amide bonds. The highest BCUT2D eigenvalue weighted by Crippen LogP contribution is 2.15. The molecule has 2 rings (SSSR count). The quantitative estimate of drug-likeness (QED) is 0.732. The van der Waals surface area contributed by atoms with E-state index < -0.39 is 0 Å². The van der Waals surface area contributed by atoms with E-state index >= 15 is 0 Å². The van der Waals surface area contributed by atoms with Crippen LogP contribution in [0.3, 0.4) is 0 Å².